The largest absolute Gasteiger partial charge is 0.486 e. The summed E-state index contributed by atoms with van der Waals surface area (Å²) in [6.07, 6.45) is 1.61. The highest BCUT2D eigenvalue weighted by atomic mass is 16.6. The zero-order valence-electron chi connectivity index (χ0n) is 12.7. The van der Waals surface area contributed by atoms with Gasteiger partial charge in [0, 0.05) is 18.3 Å². The van der Waals surface area contributed by atoms with Gasteiger partial charge in [0.05, 0.1) is 6.20 Å². The van der Waals surface area contributed by atoms with Gasteiger partial charge in [-0.3, -0.25) is 0 Å². The van der Waals surface area contributed by atoms with E-state index in [2.05, 4.69) is 39.7 Å². The molecule has 7 heteroatoms. The zero-order chi connectivity index (χ0) is 15.4. The van der Waals surface area contributed by atoms with Gasteiger partial charge in [-0.1, -0.05) is 13.8 Å². The first-order valence-electron chi connectivity index (χ1n) is 7.31. The molecule has 0 saturated carbocycles. The first-order valence-corrected chi connectivity index (χ1v) is 7.31. The smallest absolute Gasteiger partial charge is 0.249 e. The quantitative estimate of drug-likeness (QED) is 0.877. The third-order valence-electron chi connectivity index (χ3n) is 3.05. The molecule has 0 aliphatic carbocycles. The predicted octanol–water partition coefficient (Wildman–Crippen LogP) is 2.45. The van der Waals surface area contributed by atoms with Gasteiger partial charge in [-0.2, -0.15) is 10.1 Å². The van der Waals surface area contributed by atoms with Gasteiger partial charge in [-0.25, -0.2) is 0 Å². The third-order valence-corrected chi connectivity index (χ3v) is 3.05. The second-order valence-corrected chi connectivity index (χ2v) is 5.42. The van der Waals surface area contributed by atoms with Crippen molar-refractivity contribution < 1.29 is 9.47 Å². The molecule has 2 aromatic rings. The van der Waals surface area contributed by atoms with E-state index in [1.54, 1.807) is 6.20 Å². The molecule has 0 unspecified atom stereocenters. The first kappa shape index (κ1) is 14.4. The van der Waals surface area contributed by atoms with E-state index in [-0.39, 0.29) is 0 Å². The molecule has 0 radical (unpaired) electrons. The van der Waals surface area contributed by atoms with Crippen LogP contribution >= 0.6 is 0 Å². The number of hydrogen-bond acceptors (Lipinski definition) is 7. The molecule has 3 rings (SSSR count). The van der Waals surface area contributed by atoms with E-state index in [9.17, 15) is 0 Å². The molecule has 2 N–H and O–H groups in total. The molecule has 0 atom stereocenters. The van der Waals surface area contributed by atoms with Crippen LogP contribution in [0.4, 0.5) is 17.5 Å². The lowest BCUT2D eigenvalue weighted by molar-refractivity contribution is 0.171. The van der Waals surface area contributed by atoms with Crippen LogP contribution in [0.25, 0.3) is 0 Å². The minimum atomic E-state index is 0.436. The van der Waals surface area contributed by atoms with Gasteiger partial charge in [0.1, 0.15) is 13.2 Å². The lowest BCUT2D eigenvalue weighted by atomic mass is 10.2. The number of nitrogens with one attached hydrogen (secondary N) is 2. The van der Waals surface area contributed by atoms with Crippen LogP contribution in [-0.4, -0.2) is 34.9 Å². The summed E-state index contributed by atoms with van der Waals surface area (Å²) < 4.78 is 11.1. The van der Waals surface area contributed by atoms with Crippen LogP contribution in [0.2, 0.25) is 0 Å². The van der Waals surface area contributed by atoms with E-state index in [4.69, 9.17) is 9.47 Å². The van der Waals surface area contributed by atoms with Crippen molar-refractivity contribution in [1.29, 1.82) is 0 Å². The van der Waals surface area contributed by atoms with Gasteiger partial charge in [0.2, 0.25) is 5.95 Å². The number of nitrogens with zero attached hydrogens (tertiary/aromatic N) is 3. The third kappa shape index (κ3) is 3.55. The summed E-state index contributed by atoms with van der Waals surface area (Å²) >= 11 is 0. The molecule has 2 heterocycles. The van der Waals surface area contributed by atoms with Crippen LogP contribution in [0, 0.1) is 5.92 Å². The van der Waals surface area contributed by atoms with Gasteiger partial charge in [0.25, 0.3) is 0 Å². The van der Waals surface area contributed by atoms with Crippen molar-refractivity contribution >= 4 is 17.5 Å². The predicted molar refractivity (Wildman–Crippen MR) is 83.9 cm³/mol. The molecule has 7 nitrogen and oxygen atoms in total. The molecule has 0 saturated heterocycles. The maximum Gasteiger partial charge on any atom is 0.249 e. The Bertz CT molecular complexity index is 648. The van der Waals surface area contributed by atoms with E-state index in [0.717, 1.165) is 23.7 Å². The first-order chi connectivity index (χ1) is 10.7. The molecule has 0 spiro atoms. The van der Waals surface area contributed by atoms with Crippen LogP contribution in [0.1, 0.15) is 13.8 Å². The van der Waals surface area contributed by atoms with Crippen LogP contribution < -0.4 is 20.1 Å². The van der Waals surface area contributed by atoms with Crippen LogP contribution in [-0.2, 0) is 0 Å². The molecule has 1 aliphatic rings. The standard InChI is InChI=1S/C15H19N5O2/c1-10(2)8-16-14-9-17-20-15(19-14)18-11-3-4-12-13(7-11)22-6-5-21-12/h3-4,7,9-10H,5-6,8H2,1-2H3,(H2,16,18,19,20). The van der Waals surface area contributed by atoms with Crippen molar-refractivity contribution in [2.45, 2.75) is 13.8 Å². The average Bonchev–Trinajstić information content (AvgIpc) is 2.53. The van der Waals surface area contributed by atoms with Crippen molar-refractivity contribution in [2.75, 3.05) is 30.4 Å². The monoisotopic (exact) mass is 301 g/mol. The van der Waals surface area contributed by atoms with Crippen LogP contribution in [0.15, 0.2) is 24.4 Å². The summed E-state index contributed by atoms with van der Waals surface area (Å²) in [5, 5.41) is 14.3. The molecule has 22 heavy (non-hydrogen) atoms. The molecule has 0 fully saturated rings. The Morgan fingerprint density at radius 1 is 1.18 bits per heavy atom. The normalized spacial score (nSPS) is 13.0. The summed E-state index contributed by atoms with van der Waals surface area (Å²) in [4.78, 5) is 4.38. The molecule has 1 aromatic carbocycles. The molecular weight excluding hydrogens is 282 g/mol. The minimum Gasteiger partial charge on any atom is -0.486 e. The number of fused-ring (bicyclic) bond motifs is 1. The molecule has 1 aliphatic heterocycles. The summed E-state index contributed by atoms with van der Waals surface area (Å²) in [5.74, 6) is 3.14. The fourth-order valence-electron chi connectivity index (χ4n) is 2.00. The lowest BCUT2D eigenvalue weighted by Gasteiger charge is -2.19. The number of aromatic nitrogens is 3. The van der Waals surface area contributed by atoms with Gasteiger partial charge in [0.15, 0.2) is 17.3 Å². The van der Waals surface area contributed by atoms with E-state index < -0.39 is 0 Å². The second-order valence-electron chi connectivity index (χ2n) is 5.42. The molecule has 116 valence electrons. The number of hydrogen-bond donors (Lipinski definition) is 2. The summed E-state index contributed by atoms with van der Waals surface area (Å²) in [6.45, 7) is 6.24. The molecule has 0 amide bonds. The maximum atomic E-state index is 5.56. The number of rotatable bonds is 5. The average molecular weight is 301 g/mol. The zero-order valence-corrected chi connectivity index (χ0v) is 12.7. The number of ether oxygens (including phenoxy) is 2. The van der Waals surface area contributed by atoms with Gasteiger partial charge in [-0.05, 0) is 18.1 Å². The van der Waals surface area contributed by atoms with Crippen LogP contribution in [0.5, 0.6) is 11.5 Å². The van der Waals surface area contributed by atoms with E-state index in [1.807, 2.05) is 18.2 Å². The highest BCUT2D eigenvalue weighted by Gasteiger charge is 2.12. The fraction of sp³-hybridized carbons (Fsp3) is 0.400. The SMILES string of the molecule is CC(C)CNc1cnnc(Nc2ccc3c(c2)OCCO3)n1. The van der Waals surface area contributed by atoms with E-state index in [1.165, 1.54) is 0 Å². The van der Waals surface area contributed by atoms with E-state index in [0.29, 0.717) is 30.9 Å². The van der Waals surface area contributed by atoms with Crippen molar-refractivity contribution in [3.8, 4) is 11.5 Å². The Hall–Kier alpha value is -2.57. The Labute approximate surface area is 129 Å². The van der Waals surface area contributed by atoms with Crippen molar-refractivity contribution in [3.63, 3.8) is 0 Å². The van der Waals surface area contributed by atoms with Crippen LogP contribution in [0.3, 0.4) is 0 Å². The molecular formula is C15H19N5O2. The molecule has 0 bridgehead atoms. The van der Waals surface area contributed by atoms with Crippen molar-refractivity contribution in [2.24, 2.45) is 5.92 Å². The maximum absolute atomic E-state index is 5.56. The summed E-state index contributed by atoms with van der Waals surface area (Å²) in [5.41, 5.74) is 0.826. The van der Waals surface area contributed by atoms with E-state index >= 15 is 0 Å². The van der Waals surface area contributed by atoms with Gasteiger partial charge in [-0.15, -0.1) is 5.10 Å². The summed E-state index contributed by atoms with van der Waals surface area (Å²) in [6, 6.07) is 5.63. The second kappa shape index (κ2) is 6.46. The Balaban J connectivity index is 1.71. The van der Waals surface area contributed by atoms with Crippen molar-refractivity contribution in [3.05, 3.63) is 24.4 Å². The number of anilines is 3. The Morgan fingerprint density at radius 2 is 2.00 bits per heavy atom. The fourth-order valence-corrected chi connectivity index (χ4v) is 2.00. The highest BCUT2D eigenvalue weighted by Crippen LogP contribution is 2.33. The highest BCUT2D eigenvalue weighted by molar-refractivity contribution is 5.60. The topological polar surface area (TPSA) is 81.2 Å². The van der Waals surface area contributed by atoms with Gasteiger partial charge < -0.3 is 20.1 Å². The summed E-state index contributed by atoms with van der Waals surface area (Å²) in [7, 11) is 0. The Morgan fingerprint density at radius 3 is 2.82 bits per heavy atom. The van der Waals surface area contributed by atoms with Crippen molar-refractivity contribution in [1.82, 2.24) is 15.2 Å². The minimum absolute atomic E-state index is 0.436. The Kier molecular flexibility index (Phi) is 4.22. The lowest BCUT2D eigenvalue weighted by Crippen LogP contribution is -2.15. The van der Waals surface area contributed by atoms with Gasteiger partial charge >= 0.3 is 0 Å². The number of benzene rings is 1. The molecule has 1 aromatic heterocycles.